The highest BCUT2D eigenvalue weighted by Crippen LogP contribution is 2.27. The van der Waals surface area contributed by atoms with Crippen LogP contribution in [0, 0.1) is 5.92 Å². The number of fused-ring (bicyclic) bond motifs is 3. The van der Waals surface area contributed by atoms with Crippen LogP contribution in [0.5, 0.6) is 0 Å². The molecular weight excluding hydrogens is 148 g/mol. The Morgan fingerprint density at radius 1 is 1.25 bits per heavy atom. The van der Waals surface area contributed by atoms with Crippen molar-refractivity contribution in [2.24, 2.45) is 5.92 Å². The Hall–Kier alpha value is -0.0800. The maximum Gasteiger partial charge on any atom is 0.0226 e. The van der Waals surface area contributed by atoms with Gasteiger partial charge in [0.05, 0.1) is 0 Å². The summed E-state index contributed by atoms with van der Waals surface area (Å²) in [5.74, 6) is 0.970. The van der Waals surface area contributed by atoms with E-state index in [1.165, 1.54) is 32.5 Å². The Morgan fingerprint density at radius 3 is 2.33 bits per heavy atom. The molecule has 3 saturated heterocycles. The Balaban J connectivity index is 1.91. The van der Waals surface area contributed by atoms with E-state index in [2.05, 4.69) is 24.1 Å². The SMILES string of the molecule is CC(C)NC1CN2CCC1CC2. The zero-order valence-corrected chi connectivity index (χ0v) is 8.21. The summed E-state index contributed by atoms with van der Waals surface area (Å²) in [6, 6.07) is 1.43. The normalized spacial score (nSPS) is 40.8. The van der Waals surface area contributed by atoms with E-state index >= 15 is 0 Å². The van der Waals surface area contributed by atoms with E-state index in [0.29, 0.717) is 6.04 Å². The highest BCUT2D eigenvalue weighted by Gasteiger charge is 2.33. The van der Waals surface area contributed by atoms with E-state index in [0.717, 1.165) is 12.0 Å². The van der Waals surface area contributed by atoms with Gasteiger partial charge >= 0.3 is 0 Å². The molecule has 2 nitrogen and oxygen atoms in total. The number of nitrogens with zero attached hydrogens (tertiary/aromatic N) is 1. The van der Waals surface area contributed by atoms with Crippen LogP contribution < -0.4 is 5.32 Å². The zero-order chi connectivity index (χ0) is 8.55. The van der Waals surface area contributed by atoms with Crippen LogP contribution >= 0.6 is 0 Å². The summed E-state index contributed by atoms with van der Waals surface area (Å²) in [6.45, 7) is 8.49. The van der Waals surface area contributed by atoms with Crippen molar-refractivity contribution in [1.82, 2.24) is 10.2 Å². The molecule has 0 spiro atoms. The van der Waals surface area contributed by atoms with E-state index < -0.39 is 0 Å². The first-order valence-corrected chi connectivity index (χ1v) is 5.24. The molecule has 1 atom stereocenters. The molecule has 0 aromatic carbocycles. The summed E-state index contributed by atoms with van der Waals surface area (Å²) < 4.78 is 0. The van der Waals surface area contributed by atoms with E-state index in [4.69, 9.17) is 0 Å². The van der Waals surface area contributed by atoms with Gasteiger partial charge in [-0.3, -0.25) is 0 Å². The third-order valence-electron chi connectivity index (χ3n) is 3.20. The fourth-order valence-electron chi connectivity index (χ4n) is 2.58. The van der Waals surface area contributed by atoms with Crippen LogP contribution in [0.1, 0.15) is 26.7 Å². The van der Waals surface area contributed by atoms with Gasteiger partial charge in [0.1, 0.15) is 0 Å². The molecule has 0 amide bonds. The molecule has 1 unspecified atom stereocenters. The van der Waals surface area contributed by atoms with Crippen LogP contribution in [0.25, 0.3) is 0 Å². The third-order valence-corrected chi connectivity index (χ3v) is 3.20. The highest BCUT2D eigenvalue weighted by molar-refractivity contribution is 4.91. The molecule has 70 valence electrons. The molecular formula is C10H20N2. The van der Waals surface area contributed by atoms with Crippen molar-refractivity contribution >= 4 is 0 Å². The van der Waals surface area contributed by atoms with Crippen LogP contribution in [0.15, 0.2) is 0 Å². The van der Waals surface area contributed by atoms with Gasteiger partial charge in [-0.25, -0.2) is 0 Å². The first-order valence-electron chi connectivity index (χ1n) is 5.24. The largest absolute Gasteiger partial charge is 0.310 e. The van der Waals surface area contributed by atoms with Gasteiger partial charge in [0, 0.05) is 18.6 Å². The quantitative estimate of drug-likeness (QED) is 0.663. The van der Waals surface area contributed by atoms with Crippen molar-refractivity contribution in [3.05, 3.63) is 0 Å². The monoisotopic (exact) mass is 168 g/mol. The van der Waals surface area contributed by atoms with Gasteiger partial charge in [0.15, 0.2) is 0 Å². The molecule has 3 fully saturated rings. The topological polar surface area (TPSA) is 15.3 Å². The number of hydrogen-bond donors (Lipinski definition) is 1. The van der Waals surface area contributed by atoms with Crippen LogP contribution in [-0.2, 0) is 0 Å². The number of rotatable bonds is 2. The first kappa shape index (κ1) is 8.52. The van der Waals surface area contributed by atoms with Gasteiger partial charge in [-0.2, -0.15) is 0 Å². The van der Waals surface area contributed by atoms with Crippen molar-refractivity contribution < 1.29 is 0 Å². The predicted octanol–water partition coefficient (Wildman–Crippen LogP) is 1.08. The van der Waals surface area contributed by atoms with Crippen molar-refractivity contribution in [1.29, 1.82) is 0 Å². The first-order chi connectivity index (χ1) is 5.75. The van der Waals surface area contributed by atoms with E-state index in [1.54, 1.807) is 0 Å². The summed E-state index contributed by atoms with van der Waals surface area (Å²) in [5.41, 5.74) is 0. The maximum absolute atomic E-state index is 3.67. The average Bonchev–Trinajstić information content (AvgIpc) is 2.05. The number of nitrogens with one attached hydrogen (secondary N) is 1. The lowest BCUT2D eigenvalue weighted by molar-refractivity contribution is 0.0691. The molecule has 3 heterocycles. The second kappa shape index (κ2) is 3.35. The van der Waals surface area contributed by atoms with Gasteiger partial charge in [-0.15, -0.1) is 0 Å². The fraction of sp³-hybridized carbons (Fsp3) is 1.00. The minimum absolute atomic E-state index is 0.649. The summed E-state index contributed by atoms with van der Waals surface area (Å²) in [5, 5.41) is 3.67. The van der Waals surface area contributed by atoms with Crippen molar-refractivity contribution in [2.75, 3.05) is 19.6 Å². The molecule has 0 aromatic heterocycles. The molecule has 0 saturated carbocycles. The second-order valence-electron chi connectivity index (χ2n) is 4.57. The molecule has 12 heavy (non-hydrogen) atoms. The molecule has 3 aliphatic rings. The Labute approximate surface area is 75.3 Å². The number of piperidine rings is 3. The number of hydrogen-bond acceptors (Lipinski definition) is 2. The predicted molar refractivity (Wildman–Crippen MR) is 51.2 cm³/mol. The van der Waals surface area contributed by atoms with Gasteiger partial charge < -0.3 is 10.2 Å². The fourth-order valence-corrected chi connectivity index (χ4v) is 2.58. The lowest BCUT2D eigenvalue weighted by atomic mass is 9.84. The molecule has 2 bridgehead atoms. The van der Waals surface area contributed by atoms with Gasteiger partial charge in [0.2, 0.25) is 0 Å². The standard InChI is InChI=1S/C10H20N2/c1-8(2)11-10-7-12-5-3-9(10)4-6-12/h8-11H,3-7H2,1-2H3. The molecule has 1 N–H and O–H groups in total. The third kappa shape index (κ3) is 1.64. The molecule has 2 heteroatoms. The summed E-state index contributed by atoms with van der Waals surface area (Å²) in [7, 11) is 0. The van der Waals surface area contributed by atoms with Crippen LogP contribution in [0.4, 0.5) is 0 Å². The van der Waals surface area contributed by atoms with Crippen LogP contribution in [0.3, 0.4) is 0 Å². The van der Waals surface area contributed by atoms with E-state index in [1.807, 2.05) is 0 Å². The highest BCUT2D eigenvalue weighted by atomic mass is 15.2. The zero-order valence-electron chi connectivity index (χ0n) is 8.21. The second-order valence-corrected chi connectivity index (χ2v) is 4.57. The van der Waals surface area contributed by atoms with Gasteiger partial charge in [-0.1, -0.05) is 13.8 Å². The molecule has 3 rings (SSSR count). The molecule has 0 aliphatic carbocycles. The lowest BCUT2D eigenvalue weighted by Gasteiger charge is -2.45. The Morgan fingerprint density at radius 2 is 1.92 bits per heavy atom. The van der Waals surface area contributed by atoms with E-state index in [9.17, 15) is 0 Å². The Kier molecular flexibility index (Phi) is 2.37. The van der Waals surface area contributed by atoms with E-state index in [-0.39, 0.29) is 0 Å². The summed E-state index contributed by atoms with van der Waals surface area (Å²) >= 11 is 0. The smallest absolute Gasteiger partial charge is 0.0226 e. The Bertz CT molecular complexity index is 146. The van der Waals surface area contributed by atoms with Crippen molar-refractivity contribution in [3.8, 4) is 0 Å². The minimum Gasteiger partial charge on any atom is -0.310 e. The minimum atomic E-state index is 0.649. The summed E-state index contributed by atoms with van der Waals surface area (Å²) in [4.78, 5) is 2.60. The van der Waals surface area contributed by atoms with Crippen molar-refractivity contribution in [2.45, 2.75) is 38.8 Å². The van der Waals surface area contributed by atoms with Gasteiger partial charge in [0.25, 0.3) is 0 Å². The molecule has 3 aliphatic heterocycles. The van der Waals surface area contributed by atoms with Crippen LogP contribution in [-0.4, -0.2) is 36.6 Å². The average molecular weight is 168 g/mol. The molecule has 0 aromatic rings. The summed E-state index contributed by atoms with van der Waals surface area (Å²) in [6.07, 6.45) is 2.84. The lowest BCUT2D eigenvalue weighted by Crippen LogP contribution is -2.57. The maximum atomic E-state index is 3.67. The van der Waals surface area contributed by atoms with Crippen LogP contribution in [0.2, 0.25) is 0 Å². The molecule has 0 radical (unpaired) electrons. The van der Waals surface area contributed by atoms with Gasteiger partial charge in [-0.05, 0) is 31.8 Å². The van der Waals surface area contributed by atoms with Crippen molar-refractivity contribution in [3.63, 3.8) is 0 Å².